The molecule has 8 N–H and O–H groups in total. The Labute approximate surface area is 141 Å². The standard InChI is InChI=1S/C13H21NO11/c1-4(16)24-3-6(18)9(19)11-8(14)10(20)7(5(17)2-15)13(23,25-11)12(21)22/h6-11,15,18-20,23H,2-3,14H2,1H3,(H,21,22)/t6-,7?,8-,9-,10+,11-,13?/m1/s1. The molecule has 0 bridgehead atoms. The maximum atomic E-state index is 11.7. The predicted molar refractivity (Wildman–Crippen MR) is 75.7 cm³/mol. The fourth-order valence-electron chi connectivity index (χ4n) is 2.52. The van der Waals surface area contributed by atoms with Crippen molar-refractivity contribution in [3.63, 3.8) is 0 Å². The lowest BCUT2D eigenvalue weighted by molar-refractivity contribution is -0.312. The van der Waals surface area contributed by atoms with Crippen LogP contribution in [0.1, 0.15) is 6.92 Å². The Bertz CT molecular complexity index is 526. The lowest BCUT2D eigenvalue weighted by atomic mass is 9.78. The molecule has 1 aliphatic rings. The van der Waals surface area contributed by atoms with Crippen molar-refractivity contribution in [1.29, 1.82) is 0 Å². The second kappa shape index (κ2) is 8.14. The van der Waals surface area contributed by atoms with Crippen LogP contribution < -0.4 is 5.73 Å². The summed E-state index contributed by atoms with van der Waals surface area (Å²) in [4.78, 5) is 33.7. The van der Waals surface area contributed by atoms with Crippen LogP contribution in [-0.4, -0.2) is 97.8 Å². The largest absolute Gasteiger partial charge is 0.477 e. The predicted octanol–water partition coefficient (Wildman–Crippen LogP) is -4.69. The van der Waals surface area contributed by atoms with E-state index in [1.807, 2.05) is 0 Å². The van der Waals surface area contributed by atoms with Crippen LogP contribution in [0.2, 0.25) is 0 Å². The number of nitrogens with two attached hydrogens (primary N) is 1. The molecule has 1 heterocycles. The van der Waals surface area contributed by atoms with Crippen molar-refractivity contribution in [1.82, 2.24) is 0 Å². The SMILES string of the molecule is CC(=O)OC[C@@H](O)[C@@H](O)[C@@H]1OC(O)(C(=O)O)C(C(=O)CO)[C@H](O)[C@H]1N. The molecule has 2 unspecified atom stereocenters. The second-order valence-electron chi connectivity index (χ2n) is 5.61. The molecule has 0 aliphatic carbocycles. The van der Waals surface area contributed by atoms with Crippen molar-refractivity contribution in [3.8, 4) is 0 Å². The quantitative estimate of drug-likeness (QED) is 0.211. The van der Waals surface area contributed by atoms with Crippen LogP contribution in [-0.2, 0) is 23.9 Å². The van der Waals surface area contributed by atoms with Gasteiger partial charge in [-0.1, -0.05) is 0 Å². The van der Waals surface area contributed by atoms with Gasteiger partial charge in [0.15, 0.2) is 5.78 Å². The van der Waals surface area contributed by atoms with Gasteiger partial charge >= 0.3 is 11.9 Å². The van der Waals surface area contributed by atoms with E-state index in [1.54, 1.807) is 0 Å². The Hall–Kier alpha value is -1.67. The van der Waals surface area contributed by atoms with Crippen molar-refractivity contribution in [2.24, 2.45) is 11.7 Å². The van der Waals surface area contributed by atoms with E-state index < -0.39 is 73.1 Å². The molecule has 0 aromatic heterocycles. The average molecular weight is 367 g/mol. The van der Waals surface area contributed by atoms with Crippen LogP contribution in [0.15, 0.2) is 0 Å². The summed E-state index contributed by atoms with van der Waals surface area (Å²) in [5, 5.41) is 58.1. The number of esters is 1. The van der Waals surface area contributed by atoms with Crippen molar-refractivity contribution in [3.05, 3.63) is 0 Å². The smallest absolute Gasteiger partial charge is 0.365 e. The highest BCUT2D eigenvalue weighted by atomic mass is 16.7. The maximum absolute atomic E-state index is 11.7. The third kappa shape index (κ3) is 4.30. The minimum atomic E-state index is -3.30. The highest BCUT2D eigenvalue weighted by Gasteiger charge is 2.61. The molecule has 0 saturated carbocycles. The first-order valence-electron chi connectivity index (χ1n) is 7.17. The summed E-state index contributed by atoms with van der Waals surface area (Å²) in [7, 11) is 0. The third-order valence-corrected chi connectivity index (χ3v) is 3.85. The van der Waals surface area contributed by atoms with Crippen molar-refractivity contribution in [2.45, 2.75) is 43.2 Å². The van der Waals surface area contributed by atoms with Gasteiger partial charge in [-0.2, -0.15) is 0 Å². The van der Waals surface area contributed by atoms with E-state index in [0.29, 0.717) is 0 Å². The molecule has 7 atom stereocenters. The Morgan fingerprint density at radius 3 is 2.32 bits per heavy atom. The monoisotopic (exact) mass is 367 g/mol. The first-order chi connectivity index (χ1) is 11.5. The number of hydrogen-bond acceptors (Lipinski definition) is 11. The van der Waals surface area contributed by atoms with E-state index in [4.69, 9.17) is 20.7 Å². The van der Waals surface area contributed by atoms with Gasteiger partial charge in [0.1, 0.15) is 37.4 Å². The molecule has 1 aliphatic heterocycles. The molecule has 0 aromatic carbocycles. The Balaban J connectivity index is 3.10. The zero-order valence-electron chi connectivity index (χ0n) is 13.2. The van der Waals surface area contributed by atoms with E-state index in [9.17, 15) is 34.8 Å². The van der Waals surface area contributed by atoms with Gasteiger partial charge in [-0.15, -0.1) is 0 Å². The molecule has 0 radical (unpaired) electrons. The molecule has 25 heavy (non-hydrogen) atoms. The van der Waals surface area contributed by atoms with Crippen molar-refractivity contribution >= 4 is 17.7 Å². The number of carbonyl (C=O) groups is 3. The fraction of sp³-hybridized carbons (Fsp3) is 0.769. The summed E-state index contributed by atoms with van der Waals surface area (Å²) < 4.78 is 9.31. The number of rotatable bonds is 7. The molecule has 1 rings (SSSR count). The number of carboxylic acids is 1. The van der Waals surface area contributed by atoms with Crippen LogP contribution in [0.25, 0.3) is 0 Å². The number of hydrogen-bond donors (Lipinski definition) is 7. The number of ketones is 1. The third-order valence-electron chi connectivity index (χ3n) is 3.85. The summed E-state index contributed by atoms with van der Waals surface area (Å²) in [6.45, 7) is -0.848. The van der Waals surface area contributed by atoms with E-state index in [0.717, 1.165) is 6.92 Å². The molecule has 12 nitrogen and oxygen atoms in total. The molecule has 0 amide bonds. The summed E-state index contributed by atoms with van der Waals surface area (Å²) in [5.41, 5.74) is 5.63. The van der Waals surface area contributed by atoms with Crippen LogP contribution >= 0.6 is 0 Å². The molecule has 1 fully saturated rings. The topological polar surface area (TPSA) is 217 Å². The molecule has 12 heteroatoms. The van der Waals surface area contributed by atoms with Gasteiger partial charge in [-0.3, -0.25) is 9.59 Å². The molecular formula is C13H21NO11. The molecule has 0 aromatic rings. The number of aliphatic carboxylic acids is 1. The van der Waals surface area contributed by atoms with Crippen molar-refractivity contribution < 1.29 is 54.5 Å². The van der Waals surface area contributed by atoms with Crippen LogP contribution in [0.5, 0.6) is 0 Å². The summed E-state index contributed by atoms with van der Waals surface area (Å²) in [6, 6.07) is -1.61. The van der Waals surface area contributed by atoms with E-state index >= 15 is 0 Å². The minimum Gasteiger partial charge on any atom is -0.477 e. The van der Waals surface area contributed by atoms with Crippen LogP contribution in [0.3, 0.4) is 0 Å². The average Bonchev–Trinajstić information content (AvgIpc) is 2.54. The lowest BCUT2D eigenvalue weighted by Gasteiger charge is -2.47. The summed E-state index contributed by atoms with van der Waals surface area (Å²) >= 11 is 0. The summed E-state index contributed by atoms with van der Waals surface area (Å²) in [5.74, 6) is -9.52. The first kappa shape index (κ1) is 21.4. The second-order valence-corrected chi connectivity index (χ2v) is 5.61. The first-order valence-corrected chi connectivity index (χ1v) is 7.17. The van der Waals surface area contributed by atoms with Gasteiger partial charge in [-0.05, 0) is 0 Å². The number of aliphatic hydroxyl groups is 5. The maximum Gasteiger partial charge on any atom is 0.365 e. The van der Waals surface area contributed by atoms with E-state index in [2.05, 4.69) is 4.74 Å². The minimum absolute atomic E-state index is 0.691. The normalized spacial score (nSPS) is 34.8. The van der Waals surface area contributed by atoms with Gasteiger partial charge in [0, 0.05) is 6.92 Å². The number of ether oxygens (including phenoxy) is 2. The van der Waals surface area contributed by atoms with E-state index in [-0.39, 0.29) is 0 Å². The van der Waals surface area contributed by atoms with Gasteiger partial charge in [-0.25, -0.2) is 4.79 Å². The van der Waals surface area contributed by atoms with Gasteiger partial charge in [0.25, 0.3) is 5.79 Å². The van der Waals surface area contributed by atoms with Gasteiger partial charge < -0.3 is 45.8 Å². The molecular weight excluding hydrogens is 346 g/mol. The zero-order valence-corrected chi connectivity index (χ0v) is 13.2. The number of aliphatic hydroxyl groups excluding tert-OH is 4. The van der Waals surface area contributed by atoms with Crippen LogP contribution in [0.4, 0.5) is 0 Å². The zero-order chi connectivity index (χ0) is 19.5. The fourth-order valence-corrected chi connectivity index (χ4v) is 2.52. The lowest BCUT2D eigenvalue weighted by Crippen LogP contribution is -2.71. The molecule has 144 valence electrons. The van der Waals surface area contributed by atoms with Gasteiger partial charge in [0.05, 0.1) is 12.1 Å². The number of Topliss-reactive ketones (excluding diaryl/α,β-unsaturated/α-hetero) is 1. The van der Waals surface area contributed by atoms with Crippen LogP contribution in [0, 0.1) is 5.92 Å². The van der Waals surface area contributed by atoms with Crippen molar-refractivity contribution in [2.75, 3.05) is 13.2 Å². The summed E-state index contributed by atoms with van der Waals surface area (Å²) in [6.07, 6.45) is -7.60. The van der Waals surface area contributed by atoms with E-state index in [1.165, 1.54) is 0 Å². The highest BCUT2D eigenvalue weighted by Crippen LogP contribution is 2.35. The number of carbonyl (C=O) groups excluding carboxylic acids is 2. The highest BCUT2D eigenvalue weighted by molar-refractivity contribution is 5.90. The molecule has 0 spiro atoms. The molecule has 1 saturated heterocycles. The Morgan fingerprint density at radius 2 is 1.88 bits per heavy atom. The Morgan fingerprint density at radius 1 is 1.32 bits per heavy atom. The number of carboxylic acid groups (broad SMARTS) is 1. The Kier molecular flexibility index (Phi) is 6.96. The van der Waals surface area contributed by atoms with Gasteiger partial charge in [0.2, 0.25) is 0 Å².